The second kappa shape index (κ2) is 12.8. The molecule has 0 radical (unpaired) electrons. The number of hydrogen-bond donors (Lipinski definition) is 1. The molecule has 0 spiro atoms. The van der Waals surface area contributed by atoms with E-state index in [4.69, 9.17) is 0 Å². The lowest BCUT2D eigenvalue weighted by Crippen LogP contribution is -2.47. The fourth-order valence-electron chi connectivity index (χ4n) is 5.78. The predicted molar refractivity (Wildman–Crippen MR) is 152 cm³/mol. The summed E-state index contributed by atoms with van der Waals surface area (Å²) in [4.78, 5) is 13.9. The van der Waals surface area contributed by atoms with Crippen LogP contribution in [-0.2, 0) is 12.8 Å². The summed E-state index contributed by atoms with van der Waals surface area (Å²) < 4.78 is 38.8. The lowest BCUT2D eigenvalue weighted by molar-refractivity contribution is 0.0696. The molecule has 3 aromatic rings. The van der Waals surface area contributed by atoms with Gasteiger partial charge >= 0.3 is 5.97 Å². The van der Waals surface area contributed by atoms with Crippen LogP contribution in [0.25, 0.3) is 11.1 Å². The zero-order valence-electron chi connectivity index (χ0n) is 21.7. The molecule has 1 aliphatic carbocycles. The normalized spacial score (nSPS) is 15.9. The molecule has 0 saturated carbocycles. The lowest BCUT2D eigenvalue weighted by Gasteiger charge is -2.39. The van der Waals surface area contributed by atoms with E-state index in [9.17, 15) is 23.1 Å². The summed E-state index contributed by atoms with van der Waals surface area (Å²) in [5.74, 6) is -0.370. The molecule has 3 aromatic carbocycles. The third kappa shape index (κ3) is 6.56. The minimum Gasteiger partial charge on any atom is -0.478 e. The summed E-state index contributed by atoms with van der Waals surface area (Å²) in [7, 11) is 0. The first-order valence-electron chi connectivity index (χ1n) is 13.3. The van der Waals surface area contributed by atoms with Gasteiger partial charge in [-0.15, -0.1) is 12.4 Å². The minimum atomic E-state index is -2.51. The number of likely N-dealkylation sites (tertiary alicyclic amines) is 1. The van der Waals surface area contributed by atoms with Gasteiger partial charge in [0, 0.05) is 25.2 Å². The minimum absolute atomic E-state index is 0. The SMILES string of the molecule is Cl.O=C(O)c1ccc2c(c1)CCCC(c1ccc(C(F)F)cc1)=C2c1ccc(CC2CN(CCCF)C2)cc1. The second-order valence-electron chi connectivity index (χ2n) is 10.4. The van der Waals surface area contributed by atoms with E-state index in [1.165, 1.54) is 17.7 Å². The molecule has 0 bridgehead atoms. The summed E-state index contributed by atoms with van der Waals surface area (Å²) >= 11 is 0. The van der Waals surface area contributed by atoms with Crippen LogP contribution in [0.5, 0.6) is 0 Å². The van der Waals surface area contributed by atoms with Crippen molar-refractivity contribution in [1.82, 2.24) is 4.90 Å². The number of nitrogens with zero attached hydrogens (tertiary/aromatic N) is 1. The van der Waals surface area contributed by atoms with E-state index in [2.05, 4.69) is 29.2 Å². The number of fused-ring (bicyclic) bond motifs is 1. The van der Waals surface area contributed by atoms with Gasteiger partial charge in [0.05, 0.1) is 12.2 Å². The summed E-state index contributed by atoms with van der Waals surface area (Å²) in [6.45, 7) is 2.57. The Kier molecular flexibility index (Phi) is 9.52. The first kappa shape index (κ1) is 28.9. The smallest absolute Gasteiger partial charge is 0.335 e. The number of benzene rings is 3. The maximum Gasteiger partial charge on any atom is 0.335 e. The molecule has 2 aliphatic rings. The van der Waals surface area contributed by atoms with Gasteiger partial charge in [-0.3, -0.25) is 4.39 Å². The van der Waals surface area contributed by atoms with Crippen molar-refractivity contribution >= 4 is 29.5 Å². The van der Waals surface area contributed by atoms with Gasteiger partial charge < -0.3 is 10.0 Å². The van der Waals surface area contributed by atoms with Crippen molar-refractivity contribution in [3.63, 3.8) is 0 Å². The fourth-order valence-corrected chi connectivity index (χ4v) is 5.78. The Morgan fingerprint density at radius 3 is 2.28 bits per heavy atom. The quantitative estimate of drug-likeness (QED) is 0.292. The van der Waals surface area contributed by atoms with E-state index in [0.29, 0.717) is 12.3 Å². The highest BCUT2D eigenvalue weighted by Crippen LogP contribution is 2.40. The number of carbonyl (C=O) groups is 1. The molecule has 1 saturated heterocycles. The van der Waals surface area contributed by atoms with Crippen molar-refractivity contribution in [3.8, 4) is 0 Å². The maximum absolute atomic E-state index is 13.2. The molecule has 39 heavy (non-hydrogen) atoms. The molecule has 0 unspecified atom stereocenters. The summed E-state index contributed by atoms with van der Waals surface area (Å²) in [6, 6.07) is 20.4. The average Bonchev–Trinajstić information content (AvgIpc) is 3.09. The maximum atomic E-state index is 13.2. The third-order valence-corrected chi connectivity index (χ3v) is 7.72. The number of aromatic carboxylic acids is 1. The number of hydrogen-bond acceptors (Lipinski definition) is 2. The topological polar surface area (TPSA) is 40.5 Å². The highest BCUT2D eigenvalue weighted by atomic mass is 35.5. The number of carboxylic acids is 1. The monoisotopic (exact) mass is 555 g/mol. The van der Waals surface area contributed by atoms with Crippen LogP contribution < -0.4 is 0 Å². The highest BCUT2D eigenvalue weighted by molar-refractivity contribution is 6.00. The molecule has 1 fully saturated rings. The molecule has 206 valence electrons. The first-order chi connectivity index (χ1) is 18.4. The average molecular weight is 556 g/mol. The van der Waals surface area contributed by atoms with Crippen LogP contribution in [0.15, 0.2) is 66.7 Å². The van der Waals surface area contributed by atoms with Crippen LogP contribution >= 0.6 is 12.4 Å². The van der Waals surface area contributed by atoms with Crippen LogP contribution in [0.4, 0.5) is 13.2 Å². The summed E-state index contributed by atoms with van der Waals surface area (Å²) in [6.07, 6.45) is 1.41. The number of halogens is 4. The number of rotatable bonds is 9. The molecule has 1 N–H and O–H groups in total. The van der Waals surface area contributed by atoms with Crippen LogP contribution in [-0.4, -0.2) is 42.3 Å². The van der Waals surface area contributed by atoms with E-state index >= 15 is 0 Å². The Morgan fingerprint density at radius 2 is 1.64 bits per heavy atom. The van der Waals surface area contributed by atoms with E-state index in [1.807, 2.05) is 6.07 Å². The Hall–Kier alpha value is -3.09. The lowest BCUT2D eigenvalue weighted by atomic mass is 9.86. The second-order valence-corrected chi connectivity index (χ2v) is 10.4. The van der Waals surface area contributed by atoms with Crippen molar-refractivity contribution in [3.05, 3.63) is 106 Å². The molecule has 0 aromatic heterocycles. The Labute approximate surface area is 233 Å². The first-order valence-corrected chi connectivity index (χ1v) is 13.3. The van der Waals surface area contributed by atoms with Crippen molar-refractivity contribution in [2.24, 2.45) is 5.92 Å². The zero-order valence-corrected chi connectivity index (χ0v) is 22.5. The van der Waals surface area contributed by atoms with E-state index in [1.54, 1.807) is 24.3 Å². The molecule has 5 rings (SSSR count). The van der Waals surface area contributed by atoms with Crippen molar-refractivity contribution in [2.45, 2.75) is 38.5 Å². The molecule has 3 nitrogen and oxygen atoms in total. The largest absolute Gasteiger partial charge is 0.478 e. The number of allylic oxidation sites excluding steroid dienone is 1. The molecule has 1 heterocycles. The Balaban J connectivity index is 0.00000353. The Morgan fingerprint density at radius 1 is 0.949 bits per heavy atom. The van der Waals surface area contributed by atoms with Crippen molar-refractivity contribution < 1.29 is 23.1 Å². The van der Waals surface area contributed by atoms with Gasteiger partial charge in [-0.2, -0.15) is 0 Å². The molecule has 0 atom stereocenters. The highest BCUT2D eigenvalue weighted by Gasteiger charge is 2.26. The molecular formula is C32H33ClF3NO2. The van der Waals surface area contributed by atoms with Crippen molar-refractivity contribution in [1.29, 1.82) is 0 Å². The van der Waals surface area contributed by atoms with Gasteiger partial charge in [0.15, 0.2) is 0 Å². The molecule has 0 amide bonds. The number of aryl methyl sites for hydroxylation is 1. The molecular weight excluding hydrogens is 523 g/mol. The third-order valence-electron chi connectivity index (χ3n) is 7.72. The summed E-state index contributed by atoms with van der Waals surface area (Å²) in [5.41, 5.74) is 7.57. The van der Waals surface area contributed by atoms with Crippen LogP contribution in [0.1, 0.15) is 69.4 Å². The van der Waals surface area contributed by atoms with Gasteiger partial charge in [-0.1, -0.05) is 54.6 Å². The zero-order chi connectivity index (χ0) is 26.6. The van der Waals surface area contributed by atoms with E-state index in [0.717, 1.165) is 78.7 Å². The van der Waals surface area contributed by atoms with Gasteiger partial charge in [0.2, 0.25) is 0 Å². The van der Waals surface area contributed by atoms with Gasteiger partial charge in [0.25, 0.3) is 6.43 Å². The molecule has 1 aliphatic heterocycles. The van der Waals surface area contributed by atoms with Crippen LogP contribution in [0, 0.1) is 5.92 Å². The van der Waals surface area contributed by atoms with E-state index < -0.39 is 12.4 Å². The fraction of sp³-hybridized carbons (Fsp3) is 0.344. The van der Waals surface area contributed by atoms with Gasteiger partial charge in [-0.05, 0) is 89.1 Å². The van der Waals surface area contributed by atoms with Crippen LogP contribution in [0.2, 0.25) is 0 Å². The number of alkyl halides is 3. The van der Waals surface area contributed by atoms with Gasteiger partial charge in [0.1, 0.15) is 0 Å². The predicted octanol–water partition coefficient (Wildman–Crippen LogP) is 7.87. The standard InChI is InChI=1S/C32H32F3NO2.ClH/c33-15-2-16-36-19-22(20-36)17-21-5-7-24(8-6-21)30-28(23-9-11-25(12-10-23)31(34)35)4-1-3-26-18-27(32(37)38)13-14-29(26)30;/h5-14,18,22,31H,1-4,15-17,19-20H2,(H,37,38);1H. The van der Waals surface area contributed by atoms with Crippen molar-refractivity contribution in [2.75, 3.05) is 26.3 Å². The Bertz CT molecular complexity index is 1320. The molecule has 7 heteroatoms. The van der Waals surface area contributed by atoms with Gasteiger partial charge in [-0.25, -0.2) is 13.6 Å². The number of carboxylic acid groups (broad SMARTS) is 1. The van der Waals surface area contributed by atoms with E-state index in [-0.39, 0.29) is 30.2 Å². The summed E-state index contributed by atoms with van der Waals surface area (Å²) in [5, 5.41) is 9.53. The van der Waals surface area contributed by atoms with Crippen LogP contribution in [0.3, 0.4) is 0 Å².